The number of hydrogen-bond donors (Lipinski definition) is 0. The van der Waals surface area contributed by atoms with E-state index in [0.717, 1.165) is 0 Å². The van der Waals surface area contributed by atoms with Gasteiger partial charge >= 0.3 is 0 Å². The highest BCUT2D eigenvalue weighted by Gasteiger charge is 2.18. The van der Waals surface area contributed by atoms with Gasteiger partial charge in [-0.3, -0.25) is 0 Å². The van der Waals surface area contributed by atoms with Crippen molar-refractivity contribution in [2.45, 2.75) is 59.3 Å². The summed E-state index contributed by atoms with van der Waals surface area (Å²) in [5.41, 5.74) is 0. The van der Waals surface area contributed by atoms with Gasteiger partial charge in [-0.2, -0.15) is 0 Å². The maximum Gasteiger partial charge on any atom is 0.0784 e. The molecule has 0 N–H and O–H groups in total. The Bertz CT molecular complexity index is 139. The van der Waals surface area contributed by atoms with Gasteiger partial charge in [-0.1, -0.05) is 40.0 Å². The van der Waals surface area contributed by atoms with Crippen LogP contribution in [-0.4, -0.2) is 37.6 Å². The van der Waals surface area contributed by atoms with Gasteiger partial charge < -0.3 is 14.4 Å². The van der Waals surface area contributed by atoms with Crippen LogP contribution in [0, 0.1) is 0 Å². The SMILES string of the molecule is CCCC[N+](C)(CCCC)CCCC.O=C[O-]. The van der Waals surface area contributed by atoms with Crippen molar-refractivity contribution in [3.05, 3.63) is 0 Å². The summed E-state index contributed by atoms with van der Waals surface area (Å²) in [6.07, 6.45) is 8.20. The van der Waals surface area contributed by atoms with Crippen LogP contribution in [0.15, 0.2) is 0 Å². The monoisotopic (exact) mass is 245 g/mol. The maximum atomic E-state index is 8.25. The van der Waals surface area contributed by atoms with Gasteiger partial charge in [0.15, 0.2) is 0 Å². The molecule has 0 radical (unpaired) electrons. The second-order valence-electron chi connectivity index (χ2n) is 4.95. The topological polar surface area (TPSA) is 40.1 Å². The van der Waals surface area contributed by atoms with E-state index in [1.54, 1.807) is 0 Å². The Morgan fingerprint density at radius 2 is 1.12 bits per heavy atom. The van der Waals surface area contributed by atoms with Gasteiger partial charge in [0.25, 0.3) is 0 Å². The Hall–Kier alpha value is -0.570. The quantitative estimate of drug-likeness (QED) is 0.461. The van der Waals surface area contributed by atoms with Gasteiger partial charge in [0.05, 0.1) is 26.7 Å². The van der Waals surface area contributed by atoms with Gasteiger partial charge in [0.2, 0.25) is 0 Å². The molecule has 17 heavy (non-hydrogen) atoms. The number of hydrogen-bond acceptors (Lipinski definition) is 2. The summed E-state index contributed by atoms with van der Waals surface area (Å²) in [4.78, 5) is 8.25. The molecule has 0 heterocycles. The molecule has 0 unspecified atom stereocenters. The lowest BCUT2D eigenvalue weighted by Gasteiger charge is -2.34. The summed E-state index contributed by atoms with van der Waals surface area (Å²) in [5, 5.41) is 8.25. The summed E-state index contributed by atoms with van der Waals surface area (Å²) in [7, 11) is 2.45. The minimum absolute atomic E-state index is 0.500. The van der Waals surface area contributed by atoms with Crippen LogP contribution in [0.4, 0.5) is 0 Å². The van der Waals surface area contributed by atoms with Crippen molar-refractivity contribution in [2.75, 3.05) is 26.7 Å². The number of carboxylic acid groups (broad SMARTS) is 1. The first-order valence-electron chi connectivity index (χ1n) is 6.99. The molecule has 0 bridgehead atoms. The molecule has 0 aromatic heterocycles. The fraction of sp³-hybridized carbons (Fsp3) is 0.929. The molecule has 0 saturated heterocycles. The van der Waals surface area contributed by atoms with Crippen LogP contribution in [-0.2, 0) is 4.79 Å². The van der Waals surface area contributed by atoms with E-state index in [-0.39, 0.29) is 0 Å². The average molecular weight is 245 g/mol. The van der Waals surface area contributed by atoms with Gasteiger partial charge in [-0.25, -0.2) is 0 Å². The zero-order chi connectivity index (χ0) is 13.6. The Morgan fingerprint density at radius 1 is 0.882 bits per heavy atom. The van der Waals surface area contributed by atoms with Crippen LogP contribution in [0.3, 0.4) is 0 Å². The number of quaternary nitrogens is 1. The number of carbonyl (C=O) groups excluding carboxylic acids is 1. The Balaban J connectivity index is 0. The minimum Gasteiger partial charge on any atom is -0.554 e. The second-order valence-corrected chi connectivity index (χ2v) is 4.95. The largest absolute Gasteiger partial charge is 0.554 e. The molecule has 3 heteroatoms. The van der Waals surface area contributed by atoms with Crippen molar-refractivity contribution in [1.82, 2.24) is 0 Å². The number of carbonyl (C=O) groups is 1. The van der Waals surface area contributed by atoms with Crippen molar-refractivity contribution in [2.24, 2.45) is 0 Å². The van der Waals surface area contributed by atoms with Gasteiger partial charge in [0, 0.05) is 6.47 Å². The fourth-order valence-electron chi connectivity index (χ4n) is 1.95. The lowest BCUT2D eigenvalue weighted by atomic mass is 10.2. The smallest absolute Gasteiger partial charge is 0.0784 e. The van der Waals surface area contributed by atoms with Gasteiger partial charge in [-0.15, -0.1) is 0 Å². The molecule has 104 valence electrons. The summed E-state index contributed by atoms with van der Waals surface area (Å²) in [5.74, 6) is 0. The molecule has 0 aliphatic rings. The van der Waals surface area contributed by atoms with Crippen LogP contribution in [0.1, 0.15) is 59.3 Å². The van der Waals surface area contributed by atoms with Crippen molar-refractivity contribution in [3.63, 3.8) is 0 Å². The molecule has 0 atom stereocenters. The highest BCUT2D eigenvalue weighted by Crippen LogP contribution is 2.10. The Morgan fingerprint density at radius 3 is 1.29 bits per heavy atom. The van der Waals surface area contributed by atoms with Gasteiger partial charge in [0.1, 0.15) is 0 Å². The lowest BCUT2D eigenvalue weighted by molar-refractivity contribution is -0.910. The third-order valence-electron chi connectivity index (χ3n) is 3.15. The van der Waals surface area contributed by atoms with E-state index in [9.17, 15) is 0 Å². The lowest BCUT2D eigenvalue weighted by Crippen LogP contribution is -2.46. The van der Waals surface area contributed by atoms with Crippen LogP contribution in [0.25, 0.3) is 0 Å². The van der Waals surface area contributed by atoms with E-state index in [1.807, 2.05) is 0 Å². The molecule has 3 nitrogen and oxygen atoms in total. The normalized spacial score (nSPS) is 10.6. The third kappa shape index (κ3) is 13.4. The van der Waals surface area contributed by atoms with Crippen LogP contribution < -0.4 is 5.11 Å². The predicted molar refractivity (Wildman–Crippen MR) is 71.6 cm³/mol. The fourth-order valence-corrected chi connectivity index (χ4v) is 1.95. The molecule has 0 rings (SSSR count). The van der Waals surface area contributed by atoms with E-state index in [4.69, 9.17) is 9.90 Å². The van der Waals surface area contributed by atoms with E-state index in [1.165, 1.54) is 62.6 Å². The Labute approximate surface area is 107 Å². The molecule has 0 aromatic rings. The van der Waals surface area contributed by atoms with E-state index >= 15 is 0 Å². The highest BCUT2D eigenvalue weighted by atomic mass is 16.3. The zero-order valence-electron chi connectivity index (χ0n) is 12.2. The van der Waals surface area contributed by atoms with Crippen LogP contribution >= 0.6 is 0 Å². The third-order valence-corrected chi connectivity index (χ3v) is 3.15. The summed E-state index contributed by atoms with van der Waals surface area (Å²) < 4.78 is 1.32. The van der Waals surface area contributed by atoms with E-state index < -0.39 is 6.47 Å². The zero-order valence-corrected chi connectivity index (χ0v) is 12.2. The summed E-state index contributed by atoms with van der Waals surface area (Å²) in [6, 6.07) is 0. The first-order valence-corrected chi connectivity index (χ1v) is 6.99. The molecule has 0 aliphatic heterocycles. The first-order chi connectivity index (χ1) is 8.10. The molecular weight excluding hydrogens is 214 g/mol. The summed E-state index contributed by atoms with van der Waals surface area (Å²) in [6.45, 7) is 10.5. The van der Waals surface area contributed by atoms with Crippen molar-refractivity contribution in [3.8, 4) is 0 Å². The van der Waals surface area contributed by atoms with E-state index in [0.29, 0.717) is 0 Å². The molecule has 0 aromatic carbocycles. The molecule has 0 fully saturated rings. The predicted octanol–water partition coefficient (Wildman–Crippen LogP) is 2.20. The number of unbranched alkanes of at least 4 members (excludes halogenated alkanes) is 3. The van der Waals surface area contributed by atoms with Crippen molar-refractivity contribution >= 4 is 6.47 Å². The maximum absolute atomic E-state index is 8.25. The first kappa shape index (κ1) is 18.8. The minimum atomic E-state index is -0.500. The molecule has 0 saturated carbocycles. The summed E-state index contributed by atoms with van der Waals surface area (Å²) >= 11 is 0. The Kier molecular flexibility index (Phi) is 14.9. The highest BCUT2D eigenvalue weighted by molar-refractivity contribution is 5.29. The van der Waals surface area contributed by atoms with Crippen LogP contribution in [0.5, 0.6) is 0 Å². The van der Waals surface area contributed by atoms with Gasteiger partial charge in [-0.05, 0) is 19.3 Å². The molecule has 0 spiro atoms. The van der Waals surface area contributed by atoms with E-state index in [2.05, 4.69) is 27.8 Å². The van der Waals surface area contributed by atoms with Crippen molar-refractivity contribution < 1.29 is 14.4 Å². The molecule has 0 aliphatic carbocycles. The second kappa shape index (κ2) is 13.5. The standard InChI is InChI=1S/C13H30N.CH2O2/c1-5-8-11-14(4,12-9-6-2)13-10-7-3;2-1-3/h5-13H2,1-4H3;1H,(H,2,3)/q+1;/p-1. The average Bonchev–Trinajstić information content (AvgIpc) is 2.33. The van der Waals surface area contributed by atoms with Crippen molar-refractivity contribution in [1.29, 1.82) is 0 Å². The van der Waals surface area contributed by atoms with Crippen LogP contribution in [0.2, 0.25) is 0 Å². The molecular formula is C14H31NO2. The number of rotatable bonds is 9. The number of nitrogens with zero attached hydrogens (tertiary/aromatic N) is 1. The molecule has 0 amide bonds.